The predicted molar refractivity (Wildman–Crippen MR) is 155 cm³/mol. The van der Waals surface area contributed by atoms with E-state index in [1.807, 2.05) is 0 Å². The number of ketones is 1. The lowest BCUT2D eigenvalue weighted by Gasteiger charge is -2.29. The molecule has 1 aromatic rings. The van der Waals surface area contributed by atoms with Crippen LogP contribution in [0.4, 0.5) is 0 Å². The number of phenolic OH excluding ortho intramolecular Hbond substituents is 1. The molecule has 42 heavy (non-hydrogen) atoms. The monoisotopic (exact) mass is 591 g/mol. The normalized spacial score (nSPS) is 14.1. The predicted octanol–water partition coefficient (Wildman–Crippen LogP) is 4.24. The molecule has 1 unspecified atom stereocenters. The van der Waals surface area contributed by atoms with Crippen molar-refractivity contribution in [1.29, 1.82) is 0 Å². The Balaban J connectivity index is 2.77. The van der Waals surface area contributed by atoms with Crippen molar-refractivity contribution in [1.82, 2.24) is 5.32 Å². The van der Waals surface area contributed by atoms with Gasteiger partial charge in [-0.05, 0) is 43.4 Å². The summed E-state index contributed by atoms with van der Waals surface area (Å²) in [6.07, 6.45) is 11.1. The highest BCUT2D eigenvalue weighted by Gasteiger charge is 2.49. The molecule has 0 aliphatic carbocycles. The first-order valence-corrected chi connectivity index (χ1v) is 14.6. The van der Waals surface area contributed by atoms with Gasteiger partial charge in [-0.25, -0.2) is 9.59 Å². The third-order valence-corrected chi connectivity index (χ3v) is 7.04. The van der Waals surface area contributed by atoms with Crippen molar-refractivity contribution in [2.75, 3.05) is 0 Å². The number of carbonyl (C=O) groups excluding carboxylic acids is 2. The lowest BCUT2D eigenvalue weighted by atomic mass is 9.82. The maximum atomic E-state index is 13.1. The van der Waals surface area contributed by atoms with Crippen LogP contribution < -0.4 is 5.32 Å². The fourth-order valence-corrected chi connectivity index (χ4v) is 4.56. The molecule has 11 nitrogen and oxygen atoms in total. The van der Waals surface area contributed by atoms with Crippen molar-refractivity contribution < 1.29 is 49.5 Å². The summed E-state index contributed by atoms with van der Waals surface area (Å²) in [5.74, 6) is -7.83. The van der Waals surface area contributed by atoms with E-state index in [9.17, 15) is 49.5 Å². The number of aliphatic hydroxyl groups is 1. The van der Waals surface area contributed by atoms with Gasteiger partial charge in [0.15, 0.2) is 5.60 Å². The third-order valence-electron chi connectivity index (χ3n) is 7.04. The zero-order valence-electron chi connectivity index (χ0n) is 24.3. The fraction of sp³-hybridized carbons (Fsp3) is 0.581. The number of allylic oxidation sites excluding steroid dienone is 1. The van der Waals surface area contributed by atoms with Crippen molar-refractivity contribution in [2.45, 2.75) is 108 Å². The second kappa shape index (κ2) is 19.4. The van der Waals surface area contributed by atoms with Crippen LogP contribution in [-0.2, 0) is 30.4 Å². The van der Waals surface area contributed by atoms with E-state index >= 15 is 0 Å². The molecular weight excluding hydrogens is 546 g/mol. The Hall–Kier alpha value is -3.73. The number of rotatable bonds is 23. The lowest BCUT2D eigenvalue weighted by Crippen LogP contribution is -2.55. The van der Waals surface area contributed by atoms with Gasteiger partial charge in [-0.3, -0.25) is 14.4 Å². The molecule has 11 heteroatoms. The lowest BCUT2D eigenvalue weighted by molar-refractivity contribution is -0.172. The number of phenols is 1. The molecule has 0 fully saturated rings. The Kier molecular flexibility index (Phi) is 16.8. The average molecular weight is 592 g/mol. The van der Waals surface area contributed by atoms with E-state index < -0.39 is 47.8 Å². The van der Waals surface area contributed by atoms with Gasteiger partial charge in [0, 0.05) is 19.3 Å². The minimum absolute atomic E-state index is 0.0401. The summed E-state index contributed by atoms with van der Waals surface area (Å²) < 4.78 is 0. The van der Waals surface area contributed by atoms with E-state index in [1.165, 1.54) is 36.8 Å². The summed E-state index contributed by atoms with van der Waals surface area (Å²) in [7, 11) is 0. The standard InChI is InChI=1S/C31H45NO10/c1-2-3-4-7-10-13-23(33)14-11-8-5-6-9-12-15-25(31(42,30(40)41)21-27(35)36)28(37)32-26(29(38)39)20-22-16-18-24(34)19-17-22/h12,15-19,25-26,34,42H,2-11,13-14,20-21H2,1H3,(H,32,37)(H,35,36)(H,38,39)(H,40,41)/b15-12+/t25-,26+,31?/m1/s1. The van der Waals surface area contributed by atoms with Crippen LogP contribution in [0.5, 0.6) is 5.75 Å². The number of aliphatic carboxylic acids is 3. The number of carboxylic acids is 3. The van der Waals surface area contributed by atoms with Crippen LogP contribution in [-0.4, -0.2) is 66.8 Å². The Morgan fingerprint density at radius 1 is 0.857 bits per heavy atom. The van der Waals surface area contributed by atoms with Gasteiger partial charge in [0.25, 0.3) is 0 Å². The van der Waals surface area contributed by atoms with E-state index in [0.717, 1.165) is 51.0 Å². The number of amides is 1. The Morgan fingerprint density at radius 3 is 1.95 bits per heavy atom. The number of unbranched alkanes of at least 4 members (excludes halogenated alkanes) is 8. The van der Waals surface area contributed by atoms with Crippen molar-refractivity contribution in [2.24, 2.45) is 5.92 Å². The van der Waals surface area contributed by atoms with Crippen molar-refractivity contribution >= 4 is 29.6 Å². The highest BCUT2D eigenvalue weighted by Crippen LogP contribution is 2.26. The highest BCUT2D eigenvalue weighted by atomic mass is 16.4. The van der Waals surface area contributed by atoms with E-state index in [-0.39, 0.29) is 18.0 Å². The van der Waals surface area contributed by atoms with Crippen LogP contribution in [0, 0.1) is 5.92 Å². The highest BCUT2D eigenvalue weighted by molar-refractivity contribution is 5.94. The van der Waals surface area contributed by atoms with Crippen LogP contribution in [0.2, 0.25) is 0 Å². The smallest absolute Gasteiger partial charge is 0.337 e. The summed E-state index contributed by atoms with van der Waals surface area (Å²) in [5, 5.41) is 50.9. The van der Waals surface area contributed by atoms with Gasteiger partial charge < -0.3 is 30.8 Å². The minimum Gasteiger partial charge on any atom is -0.508 e. The number of Topliss-reactive ketones (excluding diaryl/α,β-unsaturated/α-hetero) is 1. The molecule has 1 rings (SSSR count). The minimum atomic E-state index is -3.02. The van der Waals surface area contributed by atoms with Gasteiger partial charge in [0.2, 0.25) is 5.91 Å². The molecule has 234 valence electrons. The maximum absolute atomic E-state index is 13.1. The van der Waals surface area contributed by atoms with Gasteiger partial charge in [-0.1, -0.05) is 69.7 Å². The van der Waals surface area contributed by atoms with Crippen molar-refractivity contribution in [3.8, 4) is 5.75 Å². The summed E-state index contributed by atoms with van der Waals surface area (Å²) in [6.45, 7) is 2.14. The zero-order valence-corrected chi connectivity index (χ0v) is 24.3. The number of hydrogen-bond donors (Lipinski definition) is 6. The topological polar surface area (TPSA) is 199 Å². The second-order valence-electron chi connectivity index (χ2n) is 10.6. The number of benzene rings is 1. The maximum Gasteiger partial charge on any atom is 0.337 e. The molecule has 0 radical (unpaired) electrons. The molecular formula is C31H45NO10. The van der Waals surface area contributed by atoms with Crippen molar-refractivity contribution in [3.63, 3.8) is 0 Å². The number of nitrogens with one attached hydrogen (secondary N) is 1. The summed E-state index contributed by atoms with van der Waals surface area (Å²) in [4.78, 5) is 60.2. The van der Waals surface area contributed by atoms with Gasteiger partial charge in [0.05, 0.1) is 12.3 Å². The first kappa shape index (κ1) is 36.3. The Morgan fingerprint density at radius 2 is 1.43 bits per heavy atom. The molecule has 0 aliphatic heterocycles. The molecule has 6 N–H and O–H groups in total. The van der Waals surface area contributed by atoms with Crippen LogP contribution in [0.15, 0.2) is 36.4 Å². The van der Waals surface area contributed by atoms with Gasteiger partial charge in [0.1, 0.15) is 17.6 Å². The molecule has 0 bridgehead atoms. The third kappa shape index (κ3) is 13.8. The van der Waals surface area contributed by atoms with E-state index in [1.54, 1.807) is 0 Å². The van der Waals surface area contributed by atoms with Gasteiger partial charge in [-0.2, -0.15) is 0 Å². The number of hydrogen-bond acceptors (Lipinski definition) is 7. The first-order chi connectivity index (χ1) is 19.9. The molecule has 0 aromatic heterocycles. The quantitative estimate of drug-likeness (QED) is 0.0790. The Bertz CT molecular complexity index is 1050. The molecule has 1 amide bonds. The Labute approximate surface area is 246 Å². The molecule has 0 saturated carbocycles. The van der Waals surface area contributed by atoms with Gasteiger partial charge in [-0.15, -0.1) is 0 Å². The van der Waals surface area contributed by atoms with Crippen LogP contribution in [0.1, 0.15) is 96.0 Å². The largest absolute Gasteiger partial charge is 0.508 e. The van der Waals surface area contributed by atoms with E-state index in [2.05, 4.69) is 12.2 Å². The molecule has 0 spiro atoms. The summed E-state index contributed by atoms with van der Waals surface area (Å²) in [5.41, 5.74) is -2.56. The molecule has 1 aromatic carbocycles. The first-order valence-electron chi connectivity index (χ1n) is 14.6. The fourth-order valence-electron chi connectivity index (χ4n) is 4.56. The van der Waals surface area contributed by atoms with Gasteiger partial charge >= 0.3 is 17.9 Å². The van der Waals surface area contributed by atoms with E-state index in [4.69, 9.17) is 0 Å². The van der Waals surface area contributed by atoms with Crippen LogP contribution in [0.25, 0.3) is 0 Å². The molecule has 3 atom stereocenters. The summed E-state index contributed by atoms with van der Waals surface area (Å²) in [6, 6.07) is 4.07. The van der Waals surface area contributed by atoms with Crippen molar-refractivity contribution in [3.05, 3.63) is 42.0 Å². The number of aromatic hydroxyl groups is 1. The SMILES string of the molecule is CCCCCCCC(=O)CCCCCC/C=C/[C@H](C(=O)N[C@@H](Cc1ccc(O)cc1)C(=O)O)C(O)(CC(=O)O)C(=O)O. The second-order valence-corrected chi connectivity index (χ2v) is 10.6. The molecule has 0 heterocycles. The zero-order chi connectivity index (χ0) is 31.5. The van der Waals surface area contributed by atoms with E-state index in [0.29, 0.717) is 31.2 Å². The van der Waals surface area contributed by atoms with Crippen LogP contribution in [0.3, 0.4) is 0 Å². The van der Waals surface area contributed by atoms with Crippen LogP contribution >= 0.6 is 0 Å². The molecule has 0 saturated heterocycles. The number of carbonyl (C=O) groups is 5. The average Bonchev–Trinajstić information content (AvgIpc) is 2.92. The molecule has 0 aliphatic rings. The number of carboxylic acid groups (broad SMARTS) is 3. The summed E-state index contributed by atoms with van der Waals surface area (Å²) >= 11 is 0.